The smallest absolute Gasteiger partial charge is 0.319 e. The van der Waals surface area contributed by atoms with Crippen molar-refractivity contribution in [3.8, 4) is 0 Å². The van der Waals surface area contributed by atoms with E-state index in [1.807, 2.05) is 11.9 Å². The van der Waals surface area contributed by atoms with E-state index < -0.39 is 6.03 Å². The van der Waals surface area contributed by atoms with Gasteiger partial charge in [-0.1, -0.05) is 24.4 Å². The minimum absolute atomic E-state index is 0.0109. The summed E-state index contributed by atoms with van der Waals surface area (Å²) in [6.45, 7) is 0.290. The van der Waals surface area contributed by atoms with E-state index >= 15 is 0 Å². The minimum atomic E-state index is -0.435. The van der Waals surface area contributed by atoms with Crippen molar-refractivity contribution < 1.29 is 13.6 Å². The number of amides is 2. The number of anilines is 3. The fraction of sp³-hybridized carbons (Fsp3) is 0.500. The zero-order valence-electron chi connectivity index (χ0n) is 15.4. The highest BCUT2D eigenvalue weighted by Crippen LogP contribution is 2.29. The largest absolute Gasteiger partial charge is 0.408 e. The first kappa shape index (κ1) is 18.9. The Morgan fingerprint density at radius 3 is 2.78 bits per heavy atom. The molecule has 2 amide bonds. The highest BCUT2D eigenvalue weighted by molar-refractivity contribution is 5.89. The summed E-state index contributed by atoms with van der Waals surface area (Å²) in [7, 11) is 1.93. The fourth-order valence-corrected chi connectivity index (χ4v) is 3.36. The summed E-state index contributed by atoms with van der Waals surface area (Å²) in [5.74, 6) is -0.00356. The Morgan fingerprint density at radius 2 is 2.11 bits per heavy atom. The molecule has 2 aromatic rings. The molecule has 9 heteroatoms. The van der Waals surface area contributed by atoms with Gasteiger partial charge in [0.25, 0.3) is 0 Å². The lowest BCUT2D eigenvalue weighted by atomic mass is 9.94. The monoisotopic (exact) mass is 376 g/mol. The van der Waals surface area contributed by atoms with Crippen LogP contribution < -0.4 is 21.3 Å². The van der Waals surface area contributed by atoms with Crippen LogP contribution >= 0.6 is 0 Å². The van der Waals surface area contributed by atoms with Gasteiger partial charge in [0.1, 0.15) is 5.82 Å². The van der Waals surface area contributed by atoms with Crippen LogP contribution in [0.4, 0.5) is 26.6 Å². The average Bonchev–Trinajstić information content (AvgIpc) is 3.07. The lowest BCUT2D eigenvalue weighted by Crippen LogP contribution is -2.34. The number of nitrogen functional groups attached to an aromatic ring is 1. The summed E-state index contributed by atoms with van der Waals surface area (Å²) in [6.07, 6.45) is 6.16. The van der Waals surface area contributed by atoms with Gasteiger partial charge in [-0.2, -0.15) is 0 Å². The van der Waals surface area contributed by atoms with Gasteiger partial charge in [0, 0.05) is 31.7 Å². The second-order valence-corrected chi connectivity index (χ2v) is 6.73. The number of halogens is 1. The first-order chi connectivity index (χ1) is 13.0. The SMILES string of the molecule is CN(c1ccc(NC(=O)NCCc2nnc(N)o2)cc1F)C1CCCCC1. The molecule has 1 aliphatic carbocycles. The van der Waals surface area contributed by atoms with Gasteiger partial charge in [-0.3, -0.25) is 0 Å². The van der Waals surface area contributed by atoms with Gasteiger partial charge in [-0.05, 0) is 31.0 Å². The molecule has 0 saturated heterocycles. The van der Waals surface area contributed by atoms with E-state index in [1.54, 1.807) is 12.1 Å². The van der Waals surface area contributed by atoms with Gasteiger partial charge in [0.05, 0.1) is 5.69 Å². The predicted molar refractivity (Wildman–Crippen MR) is 101 cm³/mol. The van der Waals surface area contributed by atoms with Gasteiger partial charge in [-0.25, -0.2) is 9.18 Å². The lowest BCUT2D eigenvalue weighted by Gasteiger charge is -2.33. The van der Waals surface area contributed by atoms with Gasteiger partial charge in [0.15, 0.2) is 0 Å². The summed E-state index contributed by atoms with van der Waals surface area (Å²) in [6, 6.07) is 4.68. The molecule has 1 aromatic heterocycles. The van der Waals surface area contributed by atoms with Crippen LogP contribution in [0.15, 0.2) is 22.6 Å². The Hall–Kier alpha value is -2.84. The van der Waals surface area contributed by atoms with E-state index in [-0.39, 0.29) is 11.8 Å². The maximum atomic E-state index is 14.5. The van der Waals surface area contributed by atoms with E-state index in [2.05, 4.69) is 20.8 Å². The molecule has 1 saturated carbocycles. The average molecular weight is 376 g/mol. The molecular formula is C18H25FN6O2. The minimum Gasteiger partial charge on any atom is -0.408 e. The molecule has 0 radical (unpaired) electrons. The number of aromatic nitrogens is 2. The van der Waals surface area contributed by atoms with Crippen LogP contribution in [-0.2, 0) is 6.42 Å². The quantitative estimate of drug-likeness (QED) is 0.715. The first-order valence-electron chi connectivity index (χ1n) is 9.18. The topological polar surface area (TPSA) is 109 Å². The van der Waals surface area contributed by atoms with Crippen LogP contribution in [0.2, 0.25) is 0 Å². The van der Waals surface area contributed by atoms with Crippen molar-refractivity contribution in [1.82, 2.24) is 15.5 Å². The second-order valence-electron chi connectivity index (χ2n) is 6.73. The molecule has 0 unspecified atom stereocenters. The van der Waals surface area contributed by atoms with Crippen LogP contribution in [0, 0.1) is 5.82 Å². The summed E-state index contributed by atoms with van der Waals surface area (Å²) in [4.78, 5) is 13.9. The number of rotatable bonds is 6. The lowest BCUT2D eigenvalue weighted by molar-refractivity contribution is 0.252. The van der Waals surface area contributed by atoms with Crippen molar-refractivity contribution in [2.24, 2.45) is 0 Å². The van der Waals surface area contributed by atoms with Crippen molar-refractivity contribution in [3.05, 3.63) is 29.9 Å². The molecule has 0 bridgehead atoms. The zero-order chi connectivity index (χ0) is 19.2. The third-order valence-electron chi connectivity index (χ3n) is 4.81. The van der Waals surface area contributed by atoms with Gasteiger partial charge in [-0.15, -0.1) is 5.10 Å². The van der Waals surface area contributed by atoms with E-state index in [0.717, 1.165) is 12.8 Å². The van der Waals surface area contributed by atoms with Crippen LogP contribution in [-0.4, -0.2) is 35.9 Å². The predicted octanol–water partition coefficient (Wildman–Crippen LogP) is 2.92. The normalized spacial score (nSPS) is 14.7. The van der Waals surface area contributed by atoms with Crippen molar-refractivity contribution in [3.63, 3.8) is 0 Å². The molecule has 146 valence electrons. The van der Waals surface area contributed by atoms with Crippen molar-refractivity contribution in [1.29, 1.82) is 0 Å². The van der Waals surface area contributed by atoms with Crippen molar-refractivity contribution in [2.45, 2.75) is 44.6 Å². The molecule has 0 spiro atoms. The number of nitrogens with zero attached hydrogens (tertiary/aromatic N) is 3. The molecule has 1 aromatic carbocycles. The highest BCUT2D eigenvalue weighted by Gasteiger charge is 2.20. The summed E-state index contributed by atoms with van der Waals surface area (Å²) >= 11 is 0. The fourth-order valence-electron chi connectivity index (χ4n) is 3.36. The van der Waals surface area contributed by atoms with Gasteiger partial charge < -0.3 is 25.7 Å². The van der Waals surface area contributed by atoms with Gasteiger partial charge >= 0.3 is 12.0 Å². The van der Waals surface area contributed by atoms with Crippen molar-refractivity contribution >= 4 is 23.4 Å². The number of urea groups is 1. The summed E-state index contributed by atoms with van der Waals surface area (Å²) < 4.78 is 19.5. The number of carbonyl (C=O) groups excluding carboxylic acids is 1. The van der Waals surface area contributed by atoms with E-state index in [1.165, 1.54) is 25.3 Å². The number of nitrogens with two attached hydrogens (primary N) is 1. The number of carbonyl (C=O) groups is 1. The Balaban J connectivity index is 1.51. The third-order valence-corrected chi connectivity index (χ3v) is 4.81. The second kappa shape index (κ2) is 8.70. The summed E-state index contributed by atoms with van der Waals surface area (Å²) in [5, 5.41) is 12.5. The maximum absolute atomic E-state index is 14.5. The molecule has 3 rings (SSSR count). The molecule has 1 fully saturated rings. The number of hydrogen-bond acceptors (Lipinski definition) is 6. The first-order valence-corrected chi connectivity index (χ1v) is 9.18. The van der Waals surface area contributed by atoms with Crippen molar-refractivity contribution in [2.75, 3.05) is 29.5 Å². The molecule has 1 aliphatic rings. The van der Waals surface area contributed by atoms with Crippen LogP contribution in [0.5, 0.6) is 0 Å². The zero-order valence-corrected chi connectivity index (χ0v) is 15.4. The molecular weight excluding hydrogens is 351 g/mol. The van der Waals surface area contributed by atoms with E-state index in [4.69, 9.17) is 10.2 Å². The van der Waals surface area contributed by atoms with Crippen LogP contribution in [0.3, 0.4) is 0 Å². The molecule has 8 nitrogen and oxygen atoms in total. The molecule has 4 N–H and O–H groups in total. The molecule has 0 aliphatic heterocycles. The standard InChI is InChI=1S/C18H25FN6O2/c1-25(13-5-3-2-4-6-13)15-8-7-12(11-14(15)19)22-18(26)21-10-9-16-23-24-17(20)27-16/h7-8,11,13H,2-6,9-10H2,1H3,(H2,20,24)(H2,21,22,26). The van der Waals surface area contributed by atoms with Crippen LogP contribution in [0.1, 0.15) is 38.0 Å². The van der Waals surface area contributed by atoms with E-state index in [9.17, 15) is 9.18 Å². The highest BCUT2D eigenvalue weighted by atomic mass is 19.1. The molecule has 27 heavy (non-hydrogen) atoms. The Bertz CT molecular complexity index is 775. The Morgan fingerprint density at radius 1 is 1.33 bits per heavy atom. The Labute approximate surface area is 157 Å². The maximum Gasteiger partial charge on any atom is 0.319 e. The van der Waals surface area contributed by atoms with Crippen LogP contribution in [0.25, 0.3) is 0 Å². The van der Waals surface area contributed by atoms with E-state index in [0.29, 0.717) is 36.3 Å². The van der Waals surface area contributed by atoms with Gasteiger partial charge in [0.2, 0.25) is 5.89 Å². The summed E-state index contributed by atoms with van der Waals surface area (Å²) in [5.41, 5.74) is 6.28. The molecule has 0 atom stereocenters. The molecule has 1 heterocycles. The Kier molecular flexibility index (Phi) is 6.10. The number of hydrogen-bond donors (Lipinski definition) is 3. The third kappa shape index (κ3) is 5.08. The number of nitrogens with one attached hydrogen (secondary N) is 2. The number of benzene rings is 1.